The number of rotatable bonds is 4. The van der Waals surface area contributed by atoms with E-state index in [4.69, 9.17) is 4.74 Å². The van der Waals surface area contributed by atoms with Crippen molar-refractivity contribution in [1.29, 1.82) is 0 Å². The van der Waals surface area contributed by atoms with Gasteiger partial charge < -0.3 is 10.1 Å². The van der Waals surface area contributed by atoms with Crippen LogP contribution >= 0.6 is 11.3 Å². The second kappa shape index (κ2) is 5.67. The molecule has 0 spiro atoms. The number of hydrogen-bond acceptors (Lipinski definition) is 3. The first-order chi connectivity index (χ1) is 9.72. The van der Waals surface area contributed by atoms with Gasteiger partial charge in [0.15, 0.2) is 0 Å². The molecular weight excluding hydrogens is 270 g/mol. The summed E-state index contributed by atoms with van der Waals surface area (Å²) in [4.78, 5) is 12.7. The molecule has 2 heterocycles. The minimum absolute atomic E-state index is 0.0111. The fourth-order valence-electron chi connectivity index (χ4n) is 2.47. The van der Waals surface area contributed by atoms with Crippen LogP contribution in [-0.2, 0) is 12.8 Å². The Hall–Kier alpha value is -1.81. The number of carbonyl (C=O) groups is 1. The third-order valence-electron chi connectivity index (χ3n) is 3.42. The molecule has 0 saturated heterocycles. The van der Waals surface area contributed by atoms with Crippen LogP contribution in [0.4, 0.5) is 0 Å². The van der Waals surface area contributed by atoms with E-state index >= 15 is 0 Å². The first-order valence-electron chi connectivity index (χ1n) is 6.81. The van der Waals surface area contributed by atoms with Crippen molar-refractivity contribution in [1.82, 2.24) is 5.32 Å². The highest BCUT2D eigenvalue weighted by Gasteiger charge is 2.14. The molecule has 3 rings (SSSR count). The molecule has 4 heteroatoms. The van der Waals surface area contributed by atoms with Gasteiger partial charge in [-0.25, -0.2) is 0 Å². The molecule has 1 N–H and O–H groups in total. The van der Waals surface area contributed by atoms with Crippen molar-refractivity contribution in [3.63, 3.8) is 0 Å². The quantitative estimate of drug-likeness (QED) is 0.938. The normalized spacial score (nSPS) is 14.4. The Kier molecular flexibility index (Phi) is 3.74. The van der Waals surface area contributed by atoms with Crippen molar-refractivity contribution >= 4 is 17.2 Å². The molecule has 1 amide bonds. The molecule has 0 saturated carbocycles. The van der Waals surface area contributed by atoms with Crippen LogP contribution in [0.25, 0.3) is 0 Å². The smallest absolute Gasteiger partial charge is 0.261 e. The fraction of sp³-hybridized carbons (Fsp3) is 0.312. The highest BCUT2D eigenvalue weighted by atomic mass is 32.1. The first-order valence-corrected chi connectivity index (χ1v) is 7.69. The Labute approximate surface area is 122 Å². The standard InChI is InChI=1S/C16H17NO2S/c1-11(17-16(18)15-3-2-8-20-15)9-12-4-5-14-13(10-12)6-7-19-14/h2-5,8,10-11H,6-7,9H2,1H3,(H,17,18). The molecular formula is C16H17NO2S. The lowest BCUT2D eigenvalue weighted by Gasteiger charge is -2.14. The molecule has 1 aliphatic rings. The van der Waals surface area contributed by atoms with Gasteiger partial charge in [-0.15, -0.1) is 11.3 Å². The fourth-order valence-corrected chi connectivity index (χ4v) is 3.10. The summed E-state index contributed by atoms with van der Waals surface area (Å²) >= 11 is 1.47. The minimum Gasteiger partial charge on any atom is -0.493 e. The molecule has 2 aromatic rings. The Morgan fingerprint density at radius 3 is 3.15 bits per heavy atom. The van der Waals surface area contributed by atoms with Crippen LogP contribution in [-0.4, -0.2) is 18.6 Å². The maximum Gasteiger partial charge on any atom is 0.261 e. The highest BCUT2D eigenvalue weighted by molar-refractivity contribution is 7.12. The van der Waals surface area contributed by atoms with E-state index in [1.165, 1.54) is 22.5 Å². The number of carbonyl (C=O) groups excluding carboxylic acids is 1. The lowest BCUT2D eigenvalue weighted by Crippen LogP contribution is -2.33. The third-order valence-corrected chi connectivity index (χ3v) is 4.29. The summed E-state index contributed by atoms with van der Waals surface area (Å²) in [5.74, 6) is 1.01. The second-order valence-electron chi connectivity index (χ2n) is 5.10. The van der Waals surface area contributed by atoms with Crippen LogP contribution in [0.3, 0.4) is 0 Å². The minimum atomic E-state index is 0.0111. The van der Waals surface area contributed by atoms with Gasteiger partial charge in [0, 0.05) is 12.5 Å². The largest absolute Gasteiger partial charge is 0.493 e. The number of nitrogens with one attached hydrogen (secondary N) is 1. The van der Waals surface area contributed by atoms with Crippen LogP contribution in [0.1, 0.15) is 27.7 Å². The van der Waals surface area contributed by atoms with Gasteiger partial charge in [0.2, 0.25) is 0 Å². The second-order valence-corrected chi connectivity index (χ2v) is 6.04. The molecule has 0 aliphatic carbocycles. The molecule has 0 radical (unpaired) electrons. The van der Waals surface area contributed by atoms with E-state index < -0.39 is 0 Å². The van der Waals surface area contributed by atoms with E-state index in [-0.39, 0.29) is 11.9 Å². The molecule has 0 fully saturated rings. The van der Waals surface area contributed by atoms with E-state index in [1.807, 2.05) is 30.5 Å². The molecule has 1 aromatic carbocycles. The number of hydrogen-bond donors (Lipinski definition) is 1. The highest BCUT2D eigenvalue weighted by Crippen LogP contribution is 2.26. The van der Waals surface area contributed by atoms with Crippen LogP contribution < -0.4 is 10.1 Å². The summed E-state index contributed by atoms with van der Waals surface area (Å²) in [6.45, 7) is 2.82. The van der Waals surface area contributed by atoms with Gasteiger partial charge in [-0.1, -0.05) is 18.2 Å². The Balaban J connectivity index is 1.61. The number of thiophene rings is 1. The monoisotopic (exact) mass is 287 g/mol. The molecule has 1 aliphatic heterocycles. The summed E-state index contributed by atoms with van der Waals surface area (Å²) in [5, 5.41) is 4.96. The van der Waals surface area contributed by atoms with Crippen molar-refractivity contribution in [3.05, 3.63) is 51.7 Å². The summed E-state index contributed by atoms with van der Waals surface area (Å²) in [5.41, 5.74) is 2.52. The molecule has 1 unspecified atom stereocenters. The predicted molar refractivity (Wildman–Crippen MR) is 80.6 cm³/mol. The summed E-state index contributed by atoms with van der Waals surface area (Å²) in [6, 6.07) is 10.2. The molecule has 1 aromatic heterocycles. The SMILES string of the molecule is CC(Cc1ccc2c(c1)CCO2)NC(=O)c1cccs1. The van der Waals surface area contributed by atoms with E-state index in [9.17, 15) is 4.79 Å². The van der Waals surface area contributed by atoms with Gasteiger partial charge >= 0.3 is 0 Å². The number of benzene rings is 1. The number of amides is 1. The Morgan fingerprint density at radius 2 is 2.35 bits per heavy atom. The van der Waals surface area contributed by atoms with Crippen molar-refractivity contribution in [3.8, 4) is 5.75 Å². The van der Waals surface area contributed by atoms with E-state index in [0.29, 0.717) is 0 Å². The lowest BCUT2D eigenvalue weighted by molar-refractivity contribution is 0.0944. The molecule has 104 valence electrons. The topological polar surface area (TPSA) is 38.3 Å². The third kappa shape index (κ3) is 2.85. The maximum atomic E-state index is 12.0. The van der Waals surface area contributed by atoms with E-state index in [0.717, 1.165) is 30.1 Å². The molecule has 1 atom stereocenters. The zero-order valence-corrected chi connectivity index (χ0v) is 12.2. The average molecular weight is 287 g/mol. The van der Waals surface area contributed by atoms with E-state index in [2.05, 4.69) is 17.4 Å². The predicted octanol–water partition coefficient (Wildman–Crippen LogP) is 3.04. The van der Waals surface area contributed by atoms with Gasteiger partial charge in [0.1, 0.15) is 5.75 Å². The van der Waals surface area contributed by atoms with Crippen LogP contribution in [0.15, 0.2) is 35.7 Å². The number of ether oxygens (including phenoxy) is 1. The summed E-state index contributed by atoms with van der Waals surface area (Å²) in [6.07, 6.45) is 1.82. The van der Waals surface area contributed by atoms with Crippen molar-refractivity contribution in [2.24, 2.45) is 0 Å². The lowest BCUT2D eigenvalue weighted by atomic mass is 10.0. The molecule has 20 heavy (non-hydrogen) atoms. The van der Waals surface area contributed by atoms with Crippen molar-refractivity contribution in [2.75, 3.05) is 6.61 Å². The van der Waals surface area contributed by atoms with Crippen LogP contribution in [0.2, 0.25) is 0 Å². The van der Waals surface area contributed by atoms with Crippen LogP contribution in [0.5, 0.6) is 5.75 Å². The Bertz CT molecular complexity index is 607. The Morgan fingerprint density at radius 1 is 1.45 bits per heavy atom. The van der Waals surface area contributed by atoms with Crippen molar-refractivity contribution < 1.29 is 9.53 Å². The zero-order chi connectivity index (χ0) is 13.9. The number of fused-ring (bicyclic) bond motifs is 1. The average Bonchev–Trinajstić information content (AvgIpc) is 3.09. The van der Waals surface area contributed by atoms with Gasteiger partial charge in [-0.2, -0.15) is 0 Å². The van der Waals surface area contributed by atoms with Gasteiger partial charge in [-0.3, -0.25) is 4.79 Å². The van der Waals surface area contributed by atoms with Gasteiger partial charge in [-0.05, 0) is 42.0 Å². The van der Waals surface area contributed by atoms with E-state index in [1.54, 1.807) is 0 Å². The summed E-state index contributed by atoms with van der Waals surface area (Å²) < 4.78 is 5.50. The van der Waals surface area contributed by atoms with Gasteiger partial charge in [0.05, 0.1) is 11.5 Å². The molecule has 0 bridgehead atoms. The first kappa shape index (κ1) is 13.2. The summed E-state index contributed by atoms with van der Waals surface area (Å²) in [7, 11) is 0. The van der Waals surface area contributed by atoms with Crippen LogP contribution in [0, 0.1) is 0 Å². The van der Waals surface area contributed by atoms with Crippen molar-refractivity contribution in [2.45, 2.75) is 25.8 Å². The maximum absolute atomic E-state index is 12.0. The zero-order valence-electron chi connectivity index (χ0n) is 11.4. The van der Waals surface area contributed by atoms with Gasteiger partial charge in [0.25, 0.3) is 5.91 Å². The molecule has 3 nitrogen and oxygen atoms in total.